The smallest absolute Gasteiger partial charge is 0.260 e. The van der Waals surface area contributed by atoms with E-state index in [1.165, 1.54) is 17.0 Å². The van der Waals surface area contributed by atoms with Crippen molar-refractivity contribution in [2.75, 3.05) is 19.7 Å². The van der Waals surface area contributed by atoms with Crippen LogP contribution in [0.15, 0.2) is 54.6 Å². The Morgan fingerprint density at radius 3 is 2.40 bits per heavy atom. The number of hydrogen-bond acceptors (Lipinski definition) is 3. The van der Waals surface area contributed by atoms with E-state index in [0.29, 0.717) is 12.3 Å². The summed E-state index contributed by atoms with van der Waals surface area (Å²) in [5.41, 5.74) is 0.788. The molecule has 132 valence electrons. The van der Waals surface area contributed by atoms with Crippen molar-refractivity contribution < 1.29 is 18.7 Å². The Hall–Kier alpha value is -2.89. The van der Waals surface area contributed by atoms with E-state index in [4.69, 9.17) is 4.74 Å². The van der Waals surface area contributed by atoms with E-state index < -0.39 is 0 Å². The number of likely N-dealkylation sites (N-methyl/N-ethyl adjacent to an activating group) is 1. The Kier molecular flexibility index (Phi) is 6.95. The van der Waals surface area contributed by atoms with Gasteiger partial charge in [0.15, 0.2) is 6.61 Å². The molecule has 2 aromatic carbocycles. The molecule has 0 aliphatic heterocycles. The van der Waals surface area contributed by atoms with Gasteiger partial charge in [-0.1, -0.05) is 30.3 Å². The summed E-state index contributed by atoms with van der Waals surface area (Å²) in [6.07, 6.45) is 0. The van der Waals surface area contributed by atoms with Crippen LogP contribution in [-0.4, -0.2) is 36.4 Å². The van der Waals surface area contributed by atoms with Crippen molar-refractivity contribution in [1.29, 1.82) is 0 Å². The third-order valence-corrected chi connectivity index (χ3v) is 3.58. The predicted octanol–water partition coefficient (Wildman–Crippen LogP) is 2.37. The highest BCUT2D eigenvalue weighted by atomic mass is 19.1. The first-order valence-corrected chi connectivity index (χ1v) is 8.05. The second-order valence-electron chi connectivity index (χ2n) is 5.41. The minimum Gasteiger partial charge on any atom is -0.484 e. The Morgan fingerprint density at radius 2 is 1.76 bits per heavy atom. The van der Waals surface area contributed by atoms with Crippen LogP contribution in [0.3, 0.4) is 0 Å². The second-order valence-corrected chi connectivity index (χ2v) is 5.41. The maximum Gasteiger partial charge on any atom is 0.260 e. The monoisotopic (exact) mass is 344 g/mol. The van der Waals surface area contributed by atoms with Crippen LogP contribution in [0.2, 0.25) is 0 Å². The van der Waals surface area contributed by atoms with Crippen molar-refractivity contribution in [1.82, 2.24) is 10.2 Å². The standard InChI is InChI=1S/C19H21FN2O3/c1-2-22(19(24)14-25-17-6-4-3-5-7-17)13-18(23)21-12-15-8-10-16(20)11-9-15/h3-11H,2,12-14H2,1H3,(H,21,23). The van der Waals surface area contributed by atoms with Gasteiger partial charge in [0.1, 0.15) is 11.6 Å². The highest BCUT2D eigenvalue weighted by Gasteiger charge is 2.16. The minimum atomic E-state index is -0.323. The fourth-order valence-electron chi connectivity index (χ4n) is 2.16. The van der Waals surface area contributed by atoms with Gasteiger partial charge in [-0.05, 0) is 36.8 Å². The lowest BCUT2D eigenvalue weighted by Gasteiger charge is -2.20. The first kappa shape index (κ1) is 18.4. The number of carbonyl (C=O) groups excluding carboxylic acids is 2. The van der Waals surface area contributed by atoms with Crippen LogP contribution >= 0.6 is 0 Å². The van der Waals surface area contributed by atoms with Gasteiger partial charge in [-0.3, -0.25) is 9.59 Å². The van der Waals surface area contributed by atoms with Gasteiger partial charge in [-0.2, -0.15) is 0 Å². The highest BCUT2D eigenvalue weighted by Crippen LogP contribution is 2.08. The number of nitrogens with zero attached hydrogens (tertiary/aromatic N) is 1. The molecule has 0 saturated heterocycles. The molecule has 0 heterocycles. The molecule has 0 fully saturated rings. The lowest BCUT2D eigenvalue weighted by Crippen LogP contribution is -2.42. The van der Waals surface area contributed by atoms with Crippen molar-refractivity contribution in [3.63, 3.8) is 0 Å². The summed E-state index contributed by atoms with van der Waals surface area (Å²) in [4.78, 5) is 25.6. The highest BCUT2D eigenvalue weighted by molar-refractivity contribution is 5.85. The molecular formula is C19H21FN2O3. The SMILES string of the molecule is CCN(CC(=O)NCc1ccc(F)cc1)C(=O)COc1ccccc1. The molecule has 0 aromatic heterocycles. The number of halogens is 1. The maximum absolute atomic E-state index is 12.8. The molecule has 1 N–H and O–H groups in total. The molecule has 25 heavy (non-hydrogen) atoms. The number of hydrogen-bond donors (Lipinski definition) is 1. The number of ether oxygens (including phenoxy) is 1. The van der Waals surface area contributed by atoms with Crippen molar-refractivity contribution >= 4 is 11.8 Å². The van der Waals surface area contributed by atoms with E-state index in [9.17, 15) is 14.0 Å². The molecule has 0 bridgehead atoms. The van der Waals surface area contributed by atoms with Gasteiger partial charge >= 0.3 is 0 Å². The summed E-state index contributed by atoms with van der Waals surface area (Å²) in [7, 11) is 0. The lowest BCUT2D eigenvalue weighted by molar-refractivity contribution is -0.137. The van der Waals surface area contributed by atoms with Gasteiger partial charge in [-0.15, -0.1) is 0 Å². The zero-order valence-electron chi connectivity index (χ0n) is 14.1. The van der Waals surface area contributed by atoms with E-state index in [1.807, 2.05) is 18.2 Å². The van der Waals surface area contributed by atoms with Crippen LogP contribution in [0, 0.1) is 5.82 Å². The molecule has 0 atom stereocenters. The first-order valence-electron chi connectivity index (χ1n) is 8.05. The van der Waals surface area contributed by atoms with Crippen LogP contribution in [0.25, 0.3) is 0 Å². The van der Waals surface area contributed by atoms with Crippen LogP contribution in [0.4, 0.5) is 4.39 Å². The average molecular weight is 344 g/mol. The quantitative estimate of drug-likeness (QED) is 0.800. The molecule has 6 heteroatoms. The van der Waals surface area contributed by atoms with E-state index in [2.05, 4.69) is 5.32 Å². The molecule has 0 saturated carbocycles. The lowest BCUT2D eigenvalue weighted by atomic mass is 10.2. The van der Waals surface area contributed by atoms with Gasteiger partial charge in [0.2, 0.25) is 5.91 Å². The van der Waals surface area contributed by atoms with Crippen LogP contribution in [0.1, 0.15) is 12.5 Å². The maximum atomic E-state index is 12.8. The van der Waals surface area contributed by atoms with E-state index in [1.54, 1.807) is 31.2 Å². The molecule has 2 rings (SSSR count). The Morgan fingerprint density at radius 1 is 1.08 bits per heavy atom. The zero-order chi connectivity index (χ0) is 18.1. The van der Waals surface area contributed by atoms with Crippen molar-refractivity contribution in [3.05, 3.63) is 66.0 Å². The summed E-state index contributed by atoms with van der Waals surface area (Å²) in [6, 6.07) is 14.9. The number of nitrogens with one attached hydrogen (secondary N) is 1. The number of amides is 2. The minimum absolute atomic E-state index is 0.0469. The Bertz CT molecular complexity index is 690. The summed E-state index contributed by atoms with van der Waals surface area (Å²) in [5, 5.41) is 2.72. The van der Waals surface area contributed by atoms with Crippen LogP contribution < -0.4 is 10.1 Å². The number of carbonyl (C=O) groups is 2. The molecule has 0 radical (unpaired) electrons. The van der Waals surface area contributed by atoms with Gasteiger partial charge in [0, 0.05) is 13.1 Å². The molecule has 0 unspecified atom stereocenters. The van der Waals surface area contributed by atoms with E-state index in [-0.39, 0.29) is 37.3 Å². The molecule has 2 amide bonds. The number of rotatable bonds is 8. The third-order valence-electron chi connectivity index (χ3n) is 3.58. The van der Waals surface area contributed by atoms with E-state index in [0.717, 1.165) is 5.56 Å². The van der Waals surface area contributed by atoms with Crippen LogP contribution in [0.5, 0.6) is 5.75 Å². The normalized spacial score (nSPS) is 10.2. The molecule has 0 aliphatic rings. The van der Waals surface area contributed by atoms with Crippen molar-refractivity contribution in [2.24, 2.45) is 0 Å². The van der Waals surface area contributed by atoms with Gasteiger partial charge in [0.05, 0.1) is 6.54 Å². The largest absolute Gasteiger partial charge is 0.484 e. The summed E-state index contributed by atoms with van der Waals surface area (Å²) >= 11 is 0. The summed E-state index contributed by atoms with van der Waals surface area (Å²) in [6.45, 7) is 2.32. The van der Waals surface area contributed by atoms with E-state index >= 15 is 0 Å². The second kappa shape index (κ2) is 9.42. The van der Waals surface area contributed by atoms with Crippen molar-refractivity contribution in [2.45, 2.75) is 13.5 Å². The predicted molar refractivity (Wildman–Crippen MR) is 92.4 cm³/mol. The fourth-order valence-corrected chi connectivity index (χ4v) is 2.16. The number of para-hydroxylation sites is 1. The van der Waals surface area contributed by atoms with Gasteiger partial charge in [-0.25, -0.2) is 4.39 Å². The fraction of sp³-hybridized carbons (Fsp3) is 0.263. The molecule has 0 aliphatic carbocycles. The molecular weight excluding hydrogens is 323 g/mol. The summed E-state index contributed by atoms with van der Waals surface area (Å²) < 4.78 is 18.3. The summed E-state index contributed by atoms with van der Waals surface area (Å²) in [5.74, 6) is -0.258. The first-order chi connectivity index (χ1) is 12.1. The zero-order valence-corrected chi connectivity index (χ0v) is 14.1. The molecule has 5 nitrogen and oxygen atoms in total. The molecule has 2 aromatic rings. The van der Waals surface area contributed by atoms with Crippen LogP contribution in [-0.2, 0) is 16.1 Å². The van der Waals surface area contributed by atoms with Gasteiger partial charge in [0.25, 0.3) is 5.91 Å². The topological polar surface area (TPSA) is 58.6 Å². The van der Waals surface area contributed by atoms with Crippen molar-refractivity contribution in [3.8, 4) is 5.75 Å². The molecule has 0 spiro atoms. The third kappa shape index (κ3) is 6.25. The Labute approximate surface area is 146 Å². The Balaban J connectivity index is 1.78. The van der Waals surface area contributed by atoms with Gasteiger partial charge < -0.3 is 15.0 Å². The number of benzene rings is 2. The average Bonchev–Trinajstić information content (AvgIpc) is 2.64.